The quantitative estimate of drug-likeness (QED) is 0.392. The lowest BCUT2D eigenvalue weighted by atomic mass is 10.1. The van der Waals surface area contributed by atoms with E-state index in [9.17, 15) is 26.4 Å². The van der Waals surface area contributed by atoms with Crippen LogP contribution in [0.1, 0.15) is 11.1 Å². The van der Waals surface area contributed by atoms with Gasteiger partial charge in [0.25, 0.3) is 0 Å². The Morgan fingerprint density at radius 1 is 1.00 bits per heavy atom. The number of amides is 1. The molecule has 3 rings (SSSR count). The molecule has 0 fully saturated rings. The molecule has 3 aromatic rings. The van der Waals surface area contributed by atoms with Crippen LogP contribution in [0, 0.1) is 0 Å². The van der Waals surface area contributed by atoms with Crippen molar-refractivity contribution in [3.63, 3.8) is 0 Å². The zero-order valence-electron chi connectivity index (χ0n) is 16.7. The molecule has 5 nitrogen and oxygen atoms in total. The highest BCUT2D eigenvalue weighted by molar-refractivity contribution is 9.10. The smallest absolute Gasteiger partial charge is 0.325 e. The first-order chi connectivity index (χ1) is 15.5. The molecule has 1 atom stereocenters. The van der Waals surface area contributed by atoms with E-state index >= 15 is 0 Å². The van der Waals surface area contributed by atoms with Crippen LogP contribution in [-0.4, -0.2) is 20.4 Å². The molecule has 11 heteroatoms. The second-order valence-electron chi connectivity index (χ2n) is 7.00. The first-order valence-electron chi connectivity index (χ1n) is 9.45. The molecular formula is C22H17BrClF3N2O3S. The summed E-state index contributed by atoms with van der Waals surface area (Å²) in [6, 6.07) is 16.0. The Bertz CT molecular complexity index is 1240. The van der Waals surface area contributed by atoms with Crippen LogP contribution in [0.5, 0.6) is 0 Å². The first-order valence-corrected chi connectivity index (χ1v) is 12.1. The van der Waals surface area contributed by atoms with Gasteiger partial charge in [0.2, 0.25) is 15.9 Å². The number of alkyl halides is 3. The van der Waals surface area contributed by atoms with Crippen LogP contribution < -0.4 is 10.0 Å². The first kappa shape index (κ1) is 25.2. The maximum atomic E-state index is 13.2. The van der Waals surface area contributed by atoms with Crippen molar-refractivity contribution in [3.05, 3.63) is 93.4 Å². The number of nitrogens with one attached hydrogen (secondary N) is 2. The third kappa shape index (κ3) is 6.80. The summed E-state index contributed by atoms with van der Waals surface area (Å²) in [6.07, 6.45) is -4.74. The minimum Gasteiger partial charge on any atom is -0.325 e. The molecule has 0 aliphatic carbocycles. The molecule has 0 aromatic heterocycles. The van der Waals surface area contributed by atoms with Gasteiger partial charge >= 0.3 is 6.18 Å². The summed E-state index contributed by atoms with van der Waals surface area (Å²) in [5, 5.41) is 1.84. The van der Waals surface area contributed by atoms with Gasteiger partial charge in [-0.25, -0.2) is 8.42 Å². The van der Waals surface area contributed by atoms with Crippen LogP contribution in [-0.2, 0) is 27.4 Å². The topological polar surface area (TPSA) is 75.3 Å². The van der Waals surface area contributed by atoms with Gasteiger partial charge < -0.3 is 5.32 Å². The average Bonchev–Trinajstić information content (AvgIpc) is 2.74. The van der Waals surface area contributed by atoms with Crippen molar-refractivity contribution in [2.24, 2.45) is 0 Å². The summed E-state index contributed by atoms with van der Waals surface area (Å²) in [5.74, 6) is -0.824. The summed E-state index contributed by atoms with van der Waals surface area (Å²) < 4.78 is 68.2. The van der Waals surface area contributed by atoms with Crippen LogP contribution in [0.25, 0.3) is 0 Å². The maximum absolute atomic E-state index is 13.2. The summed E-state index contributed by atoms with van der Waals surface area (Å²) in [7, 11) is -4.10. The van der Waals surface area contributed by atoms with Crippen LogP contribution in [0.2, 0.25) is 5.02 Å². The fourth-order valence-electron chi connectivity index (χ4n) is 2.96. The summed E-state index contributed by atoms with van der Waals surface area (Å²) in [5.41, 5.74) is -0.627. The van der Waals surface area contributed by atoms with Crippen LogP contribution in [0.3, 0.4) is 0 Å². The molecule has 0 unspecified atom stereocenters. The monoisotopic (exact) mass is 560 g/mol. The number of rotatable bonds is 7. The standard InChI is InChI=1S/C22H17BrClF3N2O3S/c23-15-6-9-17(10-7-15)33(31,32)29-20(12-14-4-2-1-3-5-14)21(30)28-16-8-11-19(24)18(13-16)22(25,26)27/h1-11,13,20,29H,12H2,(H,28,30)/t20-/m1/s1. The van der Waals surface area contributed by atoms with E-state index in [0.717, 1.165) is 6.07 Å². The van der Waals surface area contributed by atoms with Crippen molar-refractivity contribution >= 4 is 49.1 Å². The fourth-order valence-corrected chi connectivity index (χ4v) is 4.64. The van der Waals surface area contributed by atoms with E-state index in [1.165, 1.54) is 30.3 Å². The predicted molar refractivity (Wildman–Crippen MR) is 123 cm³/mol. The van der Waals surface area contributed by atoms with Crippen molar-refractivity contribution in [1.82, 2.24) is 4.72 Å². The van der Waals surface area contributed by atoms with Gasteiger partial charge in [-0.2, -0.15) is 17.9 Å². The molecule has 1 amide bonds. The number of carbonyl (C=O) groups is 1. The highest BCUT2D eigenvalue weighted by atomic mass is 79.9. The Kier molecular flexibility index (Phi) is 7.84. The molecule has 0 saturated heterocycles. The van der Waals surface area contributed by atoms with E-state index in [-0.39, 0.29) is 17.0 Å². The number of hydrogen-bond donors (Lipinski definition) is 2. The molecule has 0 aliphatic rings. The van der Waals surface area contributed by atoms with E-state index in [2.05, 4.69) is 26.0 Å². The largest absolute Gasteiger partial charge is 0.417 e. The number of benzene rings is 3. The Morgan fingerprint density at radius 3 is 2.24 bits per heavy atom. The molecule has 0 spiro atoms. The number of anilines is 1. The van der Waals surface area contributed by atoms with Crippen molar-refractivity contribution < 1.29 is 26.4 Å². The fraction of sp³-hybridized carbons (Fsp3) is 0.136. The van der Waals surface area contributed by atoms with E-state index in [1.807, 2.05) is 0 Å². The molecule has 0 saturated carbocycles. The zero-order valence-corrected chi connectivity index (χ0v) is 19.9. The van der Waals surface area contributed by atoms with E-state index in [4.69, 9.17) is 11.6 Å². The lowest BCUT2D eigenvalue weighted by Crippen LogP contribution is -2.45. The number of hydrogen-bond acceptors (Lipinski definition) is 3. The Hall–Kier alpha value is -2.40. The molecule has 3 aromatic carbocycles. The second-order valence-corrected chi connectivity index (χ2v) is 10.0. The van der Waals surface area contributed by atoms with Gasteiger partial charge in [0, 0.05) is 10.2 Å². The lowest BCUT2D eigenvalue weighted by molar-refractivity contribution is -0.137. The van der Waals surface area contributed by atoms with Crippen LogP contribution >= 0.6 is 27.5 Å². The van der Waals surface area contributed by atoms with E-state index < -0.39 is 38.7 Å². The normalized spacial score (nSPS) is 12.9. The lowest BCUT2D eigenvalue weighted by Gasteiger charge is -2.19. The van der Waals surface area contributed by atoms with Crippen molar-refractivity contribution in [3.8, 4) is 0 Å². The SMILES string of the molecule is O=C(Nc1ccc(Cl)c(C(F)(F)F)c1)[C@@H](Cc1ccccc1)NS(=O)(=O)c1ccc(Br)cc1. The minimum absolute atomic E-state index is 0.0256. The van der Waals surface area contributed by atoms with Crippen molar-refractivity contribution in [2.45, 2.75) is 23.5 Å². The predicted octanol–water partition coefficient (Wildman–Crippen LogP) is 5.65. The molecule has 33 heavy (non-hydrogen) atoms. The van der Waals surface area contributed by atoms with Gasteiger partial charge in [-0.1, -0.05) is 57.9 Å². The highest BCUT2D eigenvalue weighted by Crippen LogP contribution is 2.36. The Balaban J connectivity index is 1.89. The van der Waals surface area contributed by atoms with Gasteiger partial charge in [0.1, 0.15) is 6.04 Å². The molecule has 0 aliphatic heterocycles. The summed E-state index contributed by atoms with van der Waals surface area (Å²) in [4.78, 5) is 12.9. The van der Waals surface area contributed by atoms with Gasteiger partial charge in [-0.05, 0) is 54.4 Å². The molecular weight excluding hydrogens is 545 g/mol. The molecule has 174 valence electrons. The molecule has 0 radical (unpaired) electrons. The molecule has 0 bridgehead atoms. The number of carbonyl (C=O) groups excluding carboxylic acids is 1. The van der Waals surface area contributed by atoms with Crippen LogP contribution in [0.15, 0.2) is 82.2 Å². The van der Waals surface area contributed by atoms with Crippen LogP contribution in [0.4, 0.5) is 18.9 Å². The second kappa shape index (κ2) is 10.3. The third-order valence-electron chi connectivity index (χ3n) is 4.56. The minimum atomic E-state index is -4.72. The average molecular weight is 562 g/mol. The van der Waals surface area contributed by atoms with Gasteiger partial charge in [-0.3, -0.25) is 4.79 Å². The number of sulfonamides is 1. The molecule has 2 N–H and O–H groups in total. The highest BCUT2D eigenvalue weighted by Gasteiger charge is 2.34. The maximum Gasteiger partial charge on any atom is 0.417 e. The van der Waals surface area contributed by atoms with Crippen molar-refractivity contribution in [1.29, 1.82) is 0 Å². The summed E-state index contributed by atoms with van der Waals surface area (Å²) in [6.45, 7) is 0. The summed E-state index contributed by atoms with van der Waals surface area (Å²) >= 11 is 8.85. The van der Waals surface area contributed by atoms with Gasteiger partial charge in [0.05, 0.1) is 15.5 Å². The Labute approximate surface area is 202 Å². The van der Waals surface area contributed by atoms with E-state index in [0.29, 0.717) is 16.1 Å². The van der Waals surface area contributed by atoms with Gasteiger partial charge in [0.15, 0.2) is 0 Å². The van der Waals surface area contributed by atoms with Crippen molar-refractivity contribution in [2.75, 3.05) is 5.32 Å². The van der Waals surface area contributed by atoms with E-state index in [1.54, 1.807) is 30.3 Å². The van der Waals surface area contributed by atoms with Gasteiger partial charge in [-0.15, -0.1) is 0 Å². The Morgan fingerprint density at radius 2 is 1.64 bits per heavy atom. The third-order valence-corrected chi connectivity index (χ3v) is 6.91. The molecule has 0 heterocycles. The zero-order chi connectivity index (χ0) is 24.2. The number of halogens is 5.